The third-order valence-corrected chi connectivity index (χ3v) is 5.23. The van der Waals surface area contributed by atoms with E-state index >= 15 is 0 Å². The second kappa shape index (κ2) is 8.71. The summed E-state index contributed by atoms with van der Waals surface area (Å²) in [4.78, 5) is 4.52. The van der Waals surface area contributed by atoms with Crippen molar-refractivity contribution in [2.24, 2.45) is 4.99 Å². The SMILES string of the molecule is CCNC(=NCc1ccc(C)cc1)NC1CCS(=O)(=O)C1.I. The molecule has 1 fully saturated rings. The average Bonchev–Trinajstić information content (AvgIpc) is 2.77. The van der Waals surface area contributed by atoms with Crippen LogP contribution in [-0.4, -0.2) is 38.5 Å². The maximum absolute atomic E-state index is 11.5. The smallest absolute Gasteiger partial charge is 0.191 e. The molecule has 2 rings (SSSR count). The Morgan fingerprint density at radius 1 is 1.32 bits per heavy atom. The fourth-order valence-electron chi connectivity index (χ4n) is 2.29. The highest BCUT2D eigenvalue weighted by molar-refractivity contribution is 14.0. The molecule has 0 saturated carbocycles. The van der Waals surface area contributed by atoms with Gasteiger partial charge in [-0.25, -0.2) is 13.4 Å². The number of benzene rings is 1. The zero-order valence-corrected chi connectivity index (χ0v) is 16.1. The van der Waals surface area contributed by atoms with E-state index in [0.29, 0.717) is 18.9 Å². The van der Waals surface area contributed by atoms with Crippen LogP contribution in [0.2, 0.25) is 0 Å². The van der Waals surface area contributed by atoms with Crippen molar-refractivity contribution < 1.29 is 8.42 Å². The van der Waals surface area contributed by atoms with Crippen molar-refractivity contribution in [2.75, 3.05) is 18.1 Å². The lowest BCUT2D eigenvalue weighted by atomic mass is 10.1. The summed E-state index contributed by atoms with van der Waals surface area (Å²) in [5, 5.41) is 6.38. The number of nitrogens with zero attached hydrogens (tertiary/aromatic N) is 1. The number of halogens is 1. The number of aliphatic imine (C=N–C) groups is 1. The minimum Gasteiger partial charge on any atom is -0.357 e. The van der Waals surface area contributed by atoms with Crippen LogP contribution in [0.25, 0.3) is 0 Å². The van der Waals surface area contributed by atoms with E-state index in [1.54, 1.807) is 0 Å². The Hall–Kier alpha value is -0.830. The molecule has 0 spiro atoms. The molecule has 22 heavy (non-hydrogen) atoms. The number of hydrogen-bond donors (Lipinski definition) is 2. The highest BCUT2D eigenvalue weighted by Gasteiger charge is 2.28. The van der Waals surface area contributed by atoms with Crippen molar-refractivity contribution in [3.8, 4) is 0 Å². The van der Waals surface area contributed by atoms with Gasteiger partial charge in [-0.1, -0.05) is 29.8 Å². The molecule has 1 aliphatic heterocycles. The second-order valence-corrected chi connectivity index (χ2v) is 7.65. The van der Waals surface area contributed by atoms with Crippen LogP contribution in [-0.2, 0) is 16.4 Å². The Morgan fingerprint density at radius 2 is 2.00 bits per heavy atom. The zero-order chi connectivity index (χ0) is 15.3. The highest BCUT2D eigenvalue weighted by Crippen LogP contribution is 2.11. The normalized spacial score (nSPS) is 20.3. The first kappa shape index (κ1) is 19.2. The Bertz CT molecular complexity index is 600. The summed E-state index contributed by atoms with van der Waals surface area (Å²) in [5.41, 5.74) is 2.36. The van der Waals surface area contributed by atoms with Crippen molar-refractivity contribution in [2.45, 2.75) is 32.9 Å². The van der Waals surface area contributed by atoms with E-state index in [1.165, 1.54) is 5.56 Å². The standard InChI is InChI=1S/C15H23N3O2S.HI/c1-3-16-15(18-14-8-9-21(19,20)11-14)17-10-13-6-4-12(2)5-7-13;/h4-7,14H,3,8-11H2,1-2H3,(H2,16,17,18);1H. The third-order valence-electron chi connectivity index (χ3n) is 3.46. The molecule has 0 amide bonds. The Morgan fingerprint density at radius 3 is 2.55 bits per heavy atom. The van der Waals surface area contributed by atoms with Crippen LogP contribution in [0.1, 0.15) is 24.5 Å². The first-order valence-electron chi connectivity index (χ1n) is 7.29. The van der Waals surface area contributed by atoms with Crippen molar-refractivity contribution >= 4 is 39.8 Å². The predicted octanol–water partition coefficient (Wildman–Crippen LogP) is 1.86. The largest absolute Gasteiger partial charge is 0.357 e. The quantitative estimate of drug-likeness (QED) is 0.429. The van der Waals surface area contributed by atoms with Gasteiger partial charge in [-0.2, -0.15) is 0 Å². The molecule has 1 saturated heterocycles. The summed E-state index contributed by atoms with van der Waals surface area (Å²) in [6, 6.07) is 8.21. The Balaban J connectivity index is 0.00000242. The predicted molar refractivity (Wildman–Crippen MR) is 102 cm³/mol. The van der Waals surface area contributed by atoms with E-state index in [0.717, 1.165) is 12.1 Å². The van der Waals surface area contributed by atoms with E-state index in [9.17, 15) is 8.42 Å². The molecule has 1 heterocycles. The van der Waals surface area contributed by atoms with E-state index in [1.807, 2.05) is 6.92 Å². The molecular formula is C15H24IN3O2S. The molecule has 0 bridgehead atoms. The maximum Gasteiger partial charge on any atom is 0.191 e. The highest BCUT2D eigenvalue weighted by atomic mass is 127. The third kappa shape index (κ3) is 6.12. The fraction of sp³-hybridized carbons (Fsp3) is 0.533. The van der Waals surface area contributed by atoms with Gasteiger partial charge in [-0.3, -0.25) is 0 Å². The minimum absolute atomic E-state index is 0. The van der Waals surface area contributed by atoms with Gasteiger partial charge in [0.05, 0.1) is 18.1 Å². The van der Waals surface area contributed by atoms with E-state index < -0.39 is 9.84 Å². The van der Waals surface area contributed by atoms with Crippen molar-refractivity contribution in [3.05, 3.63) is 35.4 Å². The van der Waals surface area contributed by atoms with E-state index in [4.69, 9.17) is 0 Å². The summed E-state index contributed by atoms with van der Waals surface area (Å²) in [7, 11) is -2.87. The first-order valence-corrected chi connectivity index (χ1v) is 9.11. The number of nitrogens with one attached hydrogen (secondary N) is 2. The van der Waals surface area contributed by atoms with Crippen LogP contribution >= 0.6 is 24.0 Å². The lowest BCUT2D eigenvalue weighted by molar-refractivity contribution is 0.599. The van der Waals surface area contributed by atoms with Gasteiger partial charge in [0.25, 0.3) is 0 Å². The second-order valence-electron chi connectivity index (χ2n) is 5.43. The average molecular weight is 437 g/mol. The number of rotatable bonds is 4. The van der Waals surface area contributed by atoms with Crippen LogP contribution in [0.3, 0.4) is 0 Å². The molecule has 2 N–H and O–H groups in total. The summed E-state index contributed by atoms with van der Waals surface area (Å²) >= 11 is 0. The summed E-state index contributed by atoms with van der Waals surface area (Å²) in [6.07, 6.45) is 0.650. The number of guanidine groups is 1. The van der Waals surface area contributed by atoms with Gasteiger partial charge in [0.15, 0.2) is 15.8 Å². The maximum atomic E-state index is 11.5. The van der Waals surface area contributed by atoms with Gasteiger partial charge in [-0.05, 0) is 25.8 Å². The minimum atomic E-state index is -2.87. The Kier molecular flexibility index (Phi) is 7.61. The summed E-state index contributed by atoms with van der Waals surface area (Å²) in [6.45, 7) is 5.38. The van der Waals surface area contributed by atoms with Crippen LogP contribution in [0.4, 0.5) is 0 Å². The molecule has 5 nitrogen and oxygen atoms in total. The molecule has 1 atom stereocenters. The summed E-state index contributed by atoms with van der Waals surface area (Å²) < 4.78 is 23.0. The van der Waals surface area contributed by atoms with Crippen molar-refractivity contribution in [3.63, 3.8) is 0 Å². The number of aryl methyl sites for hydroxylation is 1. The number of sulfone groups is 1. The monoisotopic (exact) mass is 437 g/mol. The molecule has 1 aliphatic rings. The fourth-order valence-corrected chi connectivity index (χ4v) is 3.96. The lowest BCUT2D eigenvalue weighted by Crippen LogP contribution is -2.44. The zero-order valence-electron chi connectivity index (χ0n) is 13.0. The number of hydrogen-bond acceptors (Lipinski definition) is 3. The van der Waals surface area contributed by atoms with Crippen LogP contribution in [0.5, 0.6) is 0 Å². The first-order chi connectivity index (χ1) is 9.98. The van der Waals surface area contributed by atoms with Gasteiger partial charge >= 0.3 is 0 Å². The van der Waals surface area contributed by atoms with Gasteiger partial charge < -0.3 is 10.6 Å². The molecule has 1 unspecified atom stereocenters. The molecule has 1 aromatic carbocycles. The van der Waals surface area contributed by atoms with Crippen LogP contribution in [0.15, 0.2) is 29.3 Å². The van der Waals surface area contributed by atoms with Gasteiger partial charge in [0, 0.05) is 12.6 Å². The molecule has 0 aliphatic carbocycles. The van der Waals surface area contributed by atoms with Crippen LogP contribution < -0.4 is 10.6 Å². The van der Waals surface area contributed by atoms with Crippen molar-refractivity contribution in [1.82, 2.24) is 10.6 Å². The molecule has 0 radical (unpaired) electrons. The van der Waals surface area contributed by atoms with Gasteiger partial charge in [-0.15, -0.1) is 24.0 Å². The Labute approximate surface area is 149 Å². The molecule has 124 valence electrons. The molecule has 1 aromatic rings. The lowest BCUT2D eigenvalue weighted by Gasteiger charge is -2.15. The van der Waals surface area contributed by atoms with Gasteiger partial charge in [0.2, 0.25) is 0 Å². The van der Waals surface area contributed by atoms with Crippen molar-refractivity contribution in [1.29, 1.82) is 0 Å². The summed E-state index contributed by atoms with van der Waals surface area (Å²) in [5.74, 6) is 1.14. The van der Waals surface area contributed by atoms with E-state index in [2.05, 4.69) is 46.8 Å². The topological polar surface area (TPSA) is 70.6 Å². The molecule has 7 heteroatoms. The molecule has 0 aromatic heterocycles. The molecular weight excluding hydrogens is 413 g/mol. The van der Waals surface area contributed by atoms with E-state index in [-0.39, 0.29) is 41.5 Å². The van der Waals surface area contributed by atoms with Crippen LogP contribution in [0, 0.1) is 6.92 Å². The van der Waals surface area contributed by atoms with Gasteiger partial charge in [0.1, 0.15) is 0 Å².